The van der Waals surface area contributed by atoms with Crippen LogP contribution < -0.4 is 5.32 Å². The summed E-state index contributed by atoms with van der Waals surface area (Å²) in [7, 11) is 0. The maximum absolute atomic E-state index is 12.2. The topological polar surface area (TPSA) is 29.1 Å². The lowest BCUT2D eigenvalue weighted by atomic mass is 10.1. The number of nitrogens with one attached hydrogen (secondary N) is 1. The minimum absolute atomic E-state index is 0.108. The second kappa shape index (κ2) is 5.11. The van der Waals surface area contributed by atoms with Crippen molar-refractivity contribution in [3.05, 3.63) is 35.4 Å². The number of alkyl halides is 2. The first-order valence-electron chi connectivity index (χ1n) is 4.25. The lowest BCUT2D eigenvalue weighted by molar-refractivity contribution is 0.0958. The van der Waals surface area contributed by atoms with Crippen molar-refractivity contribution in [2.45, 2.75) is 6.43 Å². The highest BCUT2D eigenvalue weighted by molar-refractivity contribution is 5.94. The number of rotatable bonds is 3. The van der Waals surface area contributed by atoms with Gasteiger partial charge in [-0.2, -0.15) is 0 Å². The molecule has 1 N–H and O–H groups in total. The molecule has 1 aromatic rings. The zero-order valence-electron chi connectivity index (χ0n) is 7.84. The Labute approximate surface area is 86.3 Å². The van der Waals surface area contributed by atoms with E-state index in [9.17, 15) is 13.6 Å². The summed E-state index contributed by atoms with van der Waals surface area (Å²) in [5.74, 6) is 1.88. The van der Waals surface area contributed by atoms with Gasteiger partial charge in [-0.05, 0) is 12.1 Å². The van der Waals surface area contributed by atoms with Gasteiger partial charge in [-0.3, -0.25) is 4.79 Å². The molecule has 0 fully saturated rings. The third kappa shape index (κ3) is 3.06. The third-order valence-electron chi connectivity index (χ3n) is 1.78. The van der Waals surface area contributed by atoms with Crippen LogP contribution in [0.3, 0.4) is 0 Å². The molecule has 15 heavy (non-hydrogen) atoms. The van der Waals surface area contributed by atoms with Gasteiger partial charge in [0, 0.05) is 11.1 Å². The number of terminal acetylenes is 1. The van der Waals surface area contributed by atoms with Crippen molar-refractivity contribution in [3.63, 3.8) is 0 Å². The predicted octanol–water partition coefficient (Wildman–Crippen LogP) is 1.99. The molecule has 78 valence electrons. The van der Waals surface area contributed by atoms with Crippen LogP contribution in [0.4, 0.5) is 8.78 Å². The summed E-state index contributed by atoms with van der Waals surface area (Å²) < 4.78 is 24.4. The van der Waals surface area contributed by atoms with Gasteiger partial charge in [-0.15, -0.1) is 6.42 Å². The number of halogens is 2. The van der Waals surface area contributed by atoms with E-state index in [-0.39, 0.29) is 18.0 Å². The number of carbonyl (C=O) groups excluding carboxylic acids is 1. The van der Waals surface area contributed by atoms with Gasteiger partial charge in [0.05, 0.1) is 6.54 Å². The molecule has 0 heterocycles. The Morgan fingerprint density at radius 3 is 2.47 bits per heavy atom. The SMILES string of the molecule is C#CCNC(=O)c1ccc(C(F)F)cc1. The summed E-state index contributed by atoms with van der Waals surface area (Å²) in [6.45, 7) is 0.120. The highest BCUT2D eigenvalue weighted by Crippen LogP contribution is 2.18. The van der Waals surface area contributed by atoms with E-state index in [0.29, 0.717) is 5.56 Å². The number of hydrogen-bond acceptors (Lipinski definition) is 1. The molecular weight excluding hydrogens is 200 g/mol. The minimum atomic E-state index is -2.52. The van der Waals surface area contributed by atoms with Gasteiger partial charge in [-0.25, -0.2) is 8.78 Å². The second-order valence-corrected chi connectivity index (χ2v) is 2.81. The molecule has 0 radical (unpaired) electrons. The molecule has 0 atom stereocenters. The summed E-state index contributed by atoms with van der Waals surface area (Å²) >= 11 is 0. The molecule has 0 spiro atoms. The molecule has 2 nitrogen and oxygen atoms in total. The van der Waals surface area contributed by atoms with Gasteiger partial charge < -0.3 is 5.32 Å². The third-order valence-corrected chi connectivity index (χ3v) is 1.78. The Morgan fingerprint density at radius 2 is 2.00 bits per heavy atom. The van der Waals surface area contributed by atoms with Crippen molar-refractivity contribution < 1.29 is 13.6 Å². The average molecular weight is 209 g/mol. The Morgan fingerprint density at radius 1 is 1.40 bits per heavy atom. The van der Waals surface area contributed by atoms with Crippen molar-refractivity contribution in [3.8, 4) is 12.3 Å². The van der Waals surface area contributed by atoms with Crippen molar-refractivity contribution in [2.24, 2.45) is 0 Å². The fourth-order valence-electron chi connectivity index (χ4n) is 1.01. The van der Waals surface area contributed by atoms with Gasteiger partial charge in [0.2, 0.25) is 0 Å². The van der Waals surface area contributed by atoms with Crippen molar-refractivity contribution in [1.82, 2.24) is 5.32 Å². The van der Waals surface area contributed by atoms with E-state index < -0.39 is 6.43 Å². The minimum Gasteiger partial charge on any atom is -0.341 e. The molecule has 0 aliphatic carbocycles. The van der Waals surface area contributed by atoms with Crippen LogP contribution in [-0.4, -0.2) is 12.5 Å². The quantitative estimate of drug-likeness (QED) is 0.758. The van der Waals surface area contributed by atoms with Gasteiger partial charge in [0.25, 0.3) is 12.3 Å². The predicted molar refractivity (Wildman–Crippen MR) is 52.6 cm³/mol. The number of amides is 1. The van der Waals surface area contributed by atoms with E-state index in [1.807, 2.05) is 0 Å². The molecule has 0 unspecified atom stereocenters. The van der Waals surface area contributed by atoms with E-state index >= 15 is 0 Å². The maximum Gasteiger partial charge on any atom is 0.263 e. The molecule has 4 heteroatoms. The fraction of sp³-hybridized carbons (Fsp3) is 0.182. The van der Waals surface area contributed by atoms with Crippen LogP contribution in [0, 0.1) is 12.3 Å². The molecule has 0 saturated carbocycles. The van der Waals surface area contributed by atoms with Gasteiger partial charge in [0.1, 0.15) is 0 Å². The lowest BCUT2D eigenvalue weighted by Crippen LogP contribution is -2.23. The molecule has 0 saturated heterocycles. The summed E-state index contributed by atoms with van der Waals surface area (Å²) in [5.41, 5.74) is 0.207. The van der Waals surface area contributed by atoms with E-state index in [1.54, 1.807) is 0 Å². The van der Waals surface area contributed by atoms with Crippen molar-refractivity contribution >= 4 is 5.91 Å². The highest BCUT2D eigenvalue weighted by atomic mass is 19.3. The van der Waals surface area contributed by atoms with Crippen LogP contribution in [0.1, 0.15) is 22.3 Å². The van der Waals surface area contributed by atoms with E-state index in [2.05, 4.69) is 11.2 Å². The average Bonchev–Trinajstić information content (AvgIpc) is 2.26. The fourth-order valence-corrected chi connectivity index (χ4v) is 1.01. The highest BCUT2D eigenvalue weighted by Gasteiger charge is 2.08. The standard InChI is InChI=1S/C11H9F2NO/c1-2-7-14-11(15)9-5-3-8(4-6-9)10(12)13/h1,3-6,10H,7H2,(H,14,15). The molecule has 1 amide bonds. The summed E-state index contributed by atoms with van der Waals surface area (Å²) in [5, 5.41) is 2.43. The molecule has 0 aliphatic rings. The van der Waals surface area contributed by atoms with Crippen LogP contribution in [0.5, 0.6) is 0 Å². The maximum atomic E-state index is 12.2. The second-order valence-electron chi connectivity index (χ2n) is 2.81. The molecular formula is C11H9F2NO. The lowest BCUT2D eigenvalue weighted by Gasteiger charge is -2.03. The summed E-state index contributed by atoms with van der Waals surface area (Å²) in [4.78, 5) is 11.3. The van der Waals surface area contributed by atoms with Crippen LogP contribution in [-0.2, 0) is 0 Å². The monoisotopic (exact) mass is 209 g/mol. The first kappa shape index (κ1) is 11.2. The van der Waals surface area contributed by atoms with Crippen LogP contribution >= 0.6 is 0 Å². The number of hydrogen-bond donors (Lipinski definition) is 1. The van der Waals surface area contributed by atoms with Gasteiger partial charge in [-0.1, -0.05) is 18.1 Å². The Bertz CT molecular complexity index is 379. The molecule has 0 aliphatic heterocycles. The molecule has 1 rings (SSSR count). The van der Waals surface area contributed by atoms with Gasteiger partial charge in [0.15, 0.2) is 0 Å². The Balaban J connectivity index is 2.72. The molecule has 0 aromatic heterocycles. The Hall–Kier alpha value is -1.89. The first-order valence-corrected chi connectivity index (χ1v) is 4.25. The zero-order valence-corrected chi connectivity index (χ0v) is 7.84. The number of carbonyl (C=O) groups is 1. The van der Waals surface area contributed by atoms with E-state index in [0.717, 1.165) is 0 Å². The normalized spacial score (nSPS) is 9.73. The summed E-state index contributed by atoms with van der Waals surface area (Å²) in [6.07, 6.45) is 2.43. The summed E-state index contributed by atoms with van der Waals surface area (Å²) in [6, 6.07) is 5.12. The zero-order chi connectivity index (χ0) is 11.3. The molecule has 0 bridgehead atoms. The van der Waals surface area contributed by atoms with Crippen molar-refractivity contribution in [1.29, 1.82) is 0 Å². The van der Waals surface area contributed by atoms with Crippen molar-refractivity contribution in [2.75, 3.05) is 6.54 Å². The van der Waals surface area contributed by atoms with E-state index in [1.165, 1.54) is 24.3 Å². The smallest absolute Gasteiger partial charge is 0.263 e. The van der Waals surface area contributed by atoms with E-state index in [4.69, 9.17) is 6.42 Å². The van der Waals surface area contributed by atoms with Gasteiger partial charge >= 0.3 is 0 Å². The van der Waals surface area contributed by atoms with Crippen LogP contribution in [0.2, 0.25) is 0 Å². The van der Waals surface area contributed by atoms with Crippen LogP contribution in [0.25, 0.3) is 0 Å². The molecule has 1 aromatic carbocycles. The number of benzene rings is 1. The largest absolute Gasteiger partial charge is 0.341 e. The Kier molecular flexibility index (Phi) is 3.81. The first-order chi connectivity index (χ1) is 7.15. The van der Waals surface area contributed by atoms with Crippen LogP contribution in [0.15, 0.2) is 24.3 Å².